The summed E-state index contributed by atoms with van der Waals surface area (Å²) < 4.78 is 44.8. The van der Waals surface area contributed by atoms with Gasteiger partial charge in [-0.25, -0.2) is 0 Å². The summed E-state index contributed by atoms with van der Waals surface area (Å²) in [5, 5.41) is 8.69. The maximum atomic E-state index is 12.9. The van der Waals surface area contributed by atoms with Crippen molar-refractivity contribution in [3.63, 3.8) is 0 Å². The molecular weight excluding hydrogens is 349 g/mol. The molecule has 0 atom stereocenters. The summed E-state index contributed by atoms with van der Waals surface area (Å²) in [6.07, 6.45) is -1.52. The van der Waals surface area contributed by atoms with Gasteiger partial charge in [-0.2, -0.15) is 18.4 Å². The second-order valence-electron chi connectivity index (χ2n) is 4.12. The van der Waals surface area contributed by atoms with E-state index >= 15 is 0 Å². The van der Waals surface area contributed by atoms with E-state index in [0.29, 0.717) is 10.0 Å². The molecule has 0 radical (unpaired) electrons. The minimum atomic E-state index is -4.59. The molecule has 1 heterocycles. The average molecular weight is 357 g/mol. The highest BCUT2D eigenvalue weighted by atomic mass is 79.9. The smallest absolute Gasteiger partial charge is 0.420 e. The molecule has 0 aliphatic rings. The standard InChI is InChI=1S/C14H8BrF3N2O/c15-11-3-10(6-20-7-11)8-21-13-2-1-9(5-19)4-12(13)14(16,17)18/h1-4,6-7H,8H2. The molecule has 0 fully saturated rings. The maximum Gasteiger partial charge on any atom is 0.420 e. The van der Waals surface area contributed by atoms with Crippen LogP contribution in [-0.2, 0) is 12.8 Å². The maximum absolute atomic E-state index is 12.9. The first-order valence-corrected chi connectivity index (χ1v) is 6.53. The lowest BCUT2D eigenvalue weighted by Crippen LogP contribution is -2.09. The highest BCUT2D eigenvalue weighted by Gasteiger charge is 2.34. The van der Waals surface area contributed by atoms with Crippen LogP contribution in [0.2, 0.25) is 0 Å². The summed E-state index contributed by atoms with van der Waals surface area (Å²) in [7, 11) is 0. The van der Waals surface area contributed by atoms with Gasteiger partial charge in [-0.05, 0) is 40.2 Å². The summed E-state index contributed by atoms with van der Waals surface area (Å²) in [6.45, 7) is -0.0541. The van der Waals surface area contributed by atoms with Gasteiger partial charge in [-0.1, -0.05) is 0 Å². The molecule has 21 heavy (non-hydrogen) atoms. The fourth-order valence-corrected chi connectivity index (χ4v) is 2.06. The molecule has 1 aromatic carbocycles. The lowest BCUT2D eigenvalue weighted by Gasteiger charge is -2.14. The Morgan fingerprint density at radius 2 is 2.00 bits per heavy atom. The normalized spacial score (nSPS) is 11.0. The first kappa shape index (κ1) is 15.3. The fraction of sp³-hybridized carbons (Fsp3) is 0.143. The van der Waals surface area contributed by atoms with Gasteiger partial charge in [0, 0.05) is 22.4 Å². The molecule has 0 amide bonds. The van der Waals surface area contributed by atoms with E-state index < -0.39 is 11.7 Å². The SMILES string of the molecule is N#Cc1ccc(OCc2cncc(Br)c2)c(C(F)(F)F)c1. The minimum Gasteiger partial charge on any atom is -0.488 e. The Balaban J connectivity index is 2.26. The predicted molar refractivity (Wildman–Crippen MR) is 72.4 cm³/mol. The highest BCUT2D eigenvalue weighted by molar-refractivity contribution is 9.10. The van der Waals surface area contributed by atoms with Crippen LogP contribution in [-0.4, -0.2) is 4.98 Å². The number of aromatic nitrogens is 1. The molecule has 0 aliphatic heterocycles. The highest BCUT2D eigenvalue weighted by Crippen LogP contribution is 2.37. The Bertz CT molecular complexity index is 695. The van der Waals surface area contributed by atoms with Crippen LogP contribution in [0, 0.1) is 11.3 Å². The second-order valence-corrected chi connectivity index (χ2v) is 5.04. The lowest BCUT2D eigenvalue weighted by atomic mass is 10.1. The third-order valence-electron chi connectivity index (χ3n) is 2.57. The third kappa shape index (κ3) is 3.95. The van der Waals surface area contributed by atoms with Crippen molar-refractivity contribution >= 4 is 15.9 Å². The van der Waals surface area contributed by atoms with E-state index in [1.807, 2.05) is 0 Å². The van der Waals surface area contributed by atoms with Crippen molar-refractivity contribution in [3.05, 3.63) is 57.8 Å². The molecule has 0 saturated heterocycles. The molecule has 0 bridgehead atoms. The third-order valence-corrected chi connectivity index (χ3v) is 3.00. The first-order chi connectivity index (χ1) is 9.90. The number of pyridine rings is 1. The van der Waals surface area contributed by atoms with Crippen LogP contribution in [0.25, 0.3) is 0 Å². The molecule has 3 nitrogen and oxygen atoms in total. The largest absolute Gasteiger partial charge is 0.488 e. The molecule has 0 N–H and O–H groups in total. The van der Waals surface area contributed by atoms with E-state index in [1.165, 1.54) is 12.3 Å². The van der Waals surface area contributed by atoms with Crippen LogP contribution in [0.1, 0.15) is 16.7 Å². The Hall–Kier alpha value is -2.07. The zero-order chi connectivity index (χ0) is 15.5. The van der Waals surface area contributed by atoms with E-state index in [9.17, 15) is 13.2 Å². The lowest BCUT2D eigenvalue weighted by molar-refractivity contribution is -0.139. The first-order valence-electron chi connectivity index (χ1n) is 5.74. The number of halogens is 4. The Kier molecular flexibility index (Phi) is 4.48. The number of nitrogens with zero attached hydrogens (tertiary/aromatic N) is 2. The van der Waals surface area contributed by atoms with E-state index in [-0.39, 0.29) is 17.9 Å². The summed E-state index contributed by atoms with van der Waals surface area (Å²) in [5.74, 6) is -0.318. The monoisotopic (exact) mass is 356 g/mol. The van der Waals surface area contributed by atoms with Gasteiger partial charge in [0.15, 0.2) is 0 Å². The second kappa shape index (κ2) is 6.14. The van der Waals surface area contributed by atoms with E-state index in [1.54, 1.807) is 18.3 Å². The zero-order valence-corrected chi connectivity index (χ0v) is 12.1. The van der Waals surface area contributed by atoms with Crippen molar-refractivity contribution in [1.82, 2.24) is 4.98 Å². The molecule has 1 aromatic heterocycles. The van der Waals surface area contributed by atoms with Gasteiger partial charge in [0.25, 0.3) is 0 Å². The van der Waals surface area contributed by atoms with Gasteiger partial charge in [-0.15, -0.1) is 0 Å². The van der Waals surface area contributed by atoms with Gasteiger partial charge in [-0.3, -0.25) is 4.98 Å². The van der Waals surface area contributed by atoms with Crippen molar-refractivity contribution in [3.8, 4) is 11.8 Å². The van der Waals surface area contributed by atoms with Gasteiger partial charge in [0.2, 0.25) is 0 Å². The molecule has 0 unspecified atom stereocenters. The molecule has 2 rings (SSSR count). The fourth-order valence-electron chi connectivity index (χ4n) is 1.64. The van der Waals surface area contributed by atoms with Crippen LogP contribution >= 0.6 is 15.9 Å². The van der Waals surface area contributed by atoms with Gasteiger partial charge in [0.1, 0.15) is 12.4 Å². The van der Waals surface area contributed by atoms with Crippen LogP contribution < -0.4 is 4.74 Å². The number of hydrogen-bond acceptors (Lipinski definition) is 3. The molecule has 2 aromatic rings. The van der Waals surface area contributed by atoms with Gasteiger partial charge >= 0.3 is 6.18 Å². The van der Waals surface area contributed by atoms with E-state index in [4.69, 9.17) is 10.00 Å². The van der Waals surface area contributed by atoms with Crippen LogP contribution in [0.4, 0.5) is 13.2 Å². The predicted octanol–water partition coefficient (Wildman–Crippen LogP) is 4.31. The average Bonchev–Trinajstić information content (AvgIpc) is 2.44. The van der Waals surface area contributed by atoms with Crippen molar-refractivity contribution in [2.45, 2.75) is 12.8 Å². The Morgan fingerprint density at radius 3 is 2.62 bits per heavy atom. The van der Waals surface area contributed by atoms with Crippen molar-refractivity contribution in [2.24, 2.45) is 0 Å². The van der Waals surface area contributed by atoms with Crippen LogP contribution in [0.3, 0.4) is 0 Å². The molecule has 108 valence electrons. The van der Waals surface area contributed by atoms with Crippen LogP contribution in [0.5, 0.6) is 5.75 Å². The Morgan fingerprint density at radius 1 is 1.24 bits per heavy atom. The topological polar surface area (TPSA) is 45.9 Å². The zero-order valence-electron chi connectivity index (χ0n) is 10.5. The van der Waals surface area contributed by atoms with Gasteiger partial charge in [0.05, 0.1) is 17.2 Å². The molecule has 0 aliphatic carbocycles. The van der Waals surface area contributed by atoms with Crippen molar-refractivity contribution in [2.75, 3.05) is 0 Å². The molecule has 0 saturated carbocycles. The number of nitriles is 1. The van der Waals surface area contributed by atoms with Gasteiger partial charge < -0.3 is 4.74 Å². The summed E-state index contributed by atoms with van der Waals surface area (Å²) >= 11 is 3.22. The summed E-state index contributed by atoms with van der Waals surface area (Å²) in [4.78, 5) is 3.90. The number of ether oxygens (including phenoxy) is 1. The number of alkyl halides is 3. The van der Waals surface area contributed by atoms with E-state index in [2.05, 4.69) is 20.9 Å². The minimum absolute atomic E-state index is 0.0541. The van der Waals surface area contributed by atoms with Crippen molar-refractivity contribution < 1.29 is 17.9 Å². The molecule has 7 heteroatoms. The Labute approximate surface area is 127 Å². The number of rotatable bonds is 3. The van der Waals surface area contributed by atoms with E-state index in [0.717, 1.165) is 12.1 Å². The summed E-state index contributed by atoms with van der Waals surface area (Å²) in [5.41, 5.74) is -0.412. The quantitative estimate of drug-likeness (QED) is 0.822. The number of benzene rings is 1. The molecule has 0 spiro atoms. The van der Waals surface area contributed by atoms with Crippen LogP contribution in [0.15, 0.2) is 41.1 Å². The summed E-state index contributed by atoms with van der Waals surface area (Å²) in [6, 6.07) is 6.57. The van der Waals surface area contributed by atoms with Crippen molar-refractivity contribution in [1.29, 1.82) is 5.26 Å². The molecular formula is C14H8BrF3N2O. The number of hydrogen-bond donors (Lipinski definition) is 0.